The van der Waals surface area contributed by atoms with Gasteiger partial charge in [-0.1, -0.05) is 13.8 Å². The van der Waals surface area contributed by atoms with Gasteiger partial charge in [-0.2, -0.15) is 0 Å². The first-order valence-corrected chi connectivity index (χ1v) is 5.04. The Morgan fingerprint density at radius 3 is 2.33 bits per heavy atom. The van der Waals surface area contributed by atoms with Gasteiger partial charge in [-0.15, -0.1) is 0 Å². The summed E-state index contributed by atoms with van der Waals surface area (Å²) in [7, 11) is 2.35. The van der Waals surface area contributed by atoms with E-state index in [1.807, 2.05) is 0 Å². The highest BCUT2D eigenvalue weighted by atomic mass is 16.5. The van der Waals surface area contributed by atoms with Crippen LogP contribution in [0.4, 0.5) is 0 Å². The van der Waals surface area contributed by atoms with Crippen LogP contribution in [0.25, 0.3) is 0 Å². The summed E-state index contributed by atoms with van der Waals surface area (Å²) in [5, 5.41) is 0. The van der Waals surface area contributed by atoms with Crippen LogP contribution in [0.3, 0.4) is 0 Å². The van der Waals surface area contributed by atoms with Gasteiger partial charge in [-0.3, -0.25) is 0 Å². The normalized spacial score (nSPS) is 23.0. The lowest BCUT2D eigenvalue weighted by molar-refractivity contribution is -0.917. The highest BCUT2D eigenvalue weighted by Gasteiger charge is 2.24. The predicted molar refractivity (Wildman–Crippen MR) is 51.1 cm³/mol. The smallest absolute Gasteiger partial charge is 0.102 e. The zero-order valence-electron chi connectivity index (χ0n) is 8.68. The molecule has 0 atom stereocenters. The Bertz CT molecular complexity index is 128. The first kappa shape index (κ1) is 10.0. The molecule has 1 aliphatic heterocycles. The number of likely N-dealkylation sites (N-methyl/N-ethyl adjacent to an activating group) is 1. The van der Waals surface area contributed by atoms with E-state index in [2.05, 4.69) is 20.9 Å². The minimum atomic E-state index is 0.836. The molecule has 1 saturated heterocycles. The Morgan fingerprint density at radius 1 is 1.25 bits per heavy atom. The summed E-state index contributed by atoms with van der Waals surface area (Å²) in [5.41, 5.74) is 0. The molecule has 0 saturated carbocycles. The van der Waals surface area contributed by atoms with Gasteiger partial charge in [0.2, 0.25) is 0 Å². The van der Waals surface area contributed by atoms with Gasteiger partial charge in [-0.25, -0.2) is 0 Å². The first-order valence-electron chi connectivity index (χ1n) is 5.04. The van der Waals surface area contributed by atoms with E-state index in [0.29, 0.717) is 0 Å². The average Bonchev–Trinajstić information content (AvgIpc) is 2.03. The molecule has 0 aromatic rings. The minimum Gasteiger partial charge on any atom is -0.370 e. The molecule has 0 bridgehead atoms. The van der Waals surface area contributed by atoms with Crippen molar-refractivity contribution in [2.75, 3.05) is 39.9 Å². The van der Waals surface area contributed by atoms with Crippen LogP contribution in [0, 0.1) is 5.92 Å². The summed E-state index contributed by atoms with van der Waals surface area (Å²) in [4.78, 5) is 0. The van der Waals surface area contributed by atoms with Crippen molar-refractivity contribution in [1.82, 2.24) is 0 Å². The number of hydrogen-bond donors (Lipinski definition) is 0. The Balaban J connectivity index is 2.26. The number of rotatable bonds is 3. The first-order chi connectivity index (χ1) is 5.62. The van der Waals surface area contributed by atoms with Crippen molar-refractivity contribution < 1.29 is 9.22 Å². The van der Waals surface area contributed by atoms with Gasteiger partial charge in [0.15, 0.2) is 0 Å². The lowest BCUT2D eigenvalue weighted by atomic mass is 10.1. The number of hydrogen-bond acceptors (Lipinski definition) is 1. The number of morpholine rings is 1. The van der Waals surface area contributed by atoms with Crippen LogP contribution < -0.4 is 0 Å². The van der Waals surface area contributed by atoms with Crippen LogP contribution in [0.2, 0.25) is 0 Å². The third-order valence-electron chi connectivity index (χ3n) is 2.80. The van der Waals surface area contributed by atoms with Crippen LogP contribution in [0.1, 0.15) is 20.3 Å². The van der Waals surface area contributed by atoms with Crippen molar-refractivity contribution in [1.29, 1.82) is 0 Å². The quantitative estimate of drug-likeness (QED) is 0.586. The topological polar surface area (TPSA) is 9.23 Å². The van der Waals surface area contributed by atoms with E-state index >= 15 is 0 Å². The Kier molecular flexibility index (Phi) is 3.53. The molecule has 0 amide bonds. The van der Waals surface area contributed by atoms with Crippen molar-refractivity contribution in [3.63, 3.8) is 0 Å². The van der Waals surface area contributed by atoms with E-state index in [4.69, 9.17) is 4.74 Å². The van der Waals surface area contributed by atoms with Crippen LogP contribution in [0.5, 0.6) is 0 Å². The second-order valence-corrected chi connectivity index (χ2v) is 4.59. The van der Waals surface area contributed by atoms with E-state index in [-0.39, 0.29) is 0 Å². The molecule has 0 aliphatic carbocycles. The van der Waals surface area contributed by atoms with Crippen molar-refractivity contribution in [3.05, 3.63) is 0 Å². The molecule has 0 unspecified atom stereocenters. The summed E-state index contributed by atoms with van der Waals surface area (Å²) >= 11 is 0. The molecule has 1 rings (SSSR count). The monoisotopic (exact) mass is 172 g/mol. The zero-order valence-corrected chi connectivity index (χ0v) is 8.68. The third-order valence-corrected chi connectivity index (χ3v) is 2.80. The maximum atomic E-state index is 5.36. The van der Waals surface area contributed by atoms with Crippen molar-refractivity contribution in [3.8, 4) is 0 Å². The van der Waals surface area contributed by atoms with Crippen molar-refractivity contribution in [2.45, 2.75) is 20.3 Å². The number of quaternary nitrogens is 1. The molecule has 0 N–H and O–H groups in total. The maximum absolute atomic E-state index is 5.36. The molecule has 0 aromatic carbocycles. The minimum absolute atomic E-state index is 0.836. The van der Waals surface area contributed by atoms with Crippen LogP contribution >= 0.6 is 0 Å². The molecular formula is C10H22NO+. The Morgan fingerprint density at radius 2 is 1.83 bits per heavy atom. The average molecular weight is 172 g/mol. The molecule has 1 aliphatic rings. The predicted octanol–water partition coefficient (Wildman–Crippen LogP) is 1.51. The van der Waals surface area contributed by atoms with Crippen molar-refractivity contribution in [2.24, 2.45) is 5.92 Å². The molecule has 1 fully saturated rings. The maximum Gasteiger partial charge on any atom is 0.102 e. The van der Waals surface area contributed by atoms with Gasteiger partial charge in [0.1, 0.15) is 13.1 Å². The molecule has 0 radical (unpaired) electrons. The number of nitrogens with zero attached hydrogens (tertiary/aromatic N) is 1. The molecule has 2 heteroatoms. The highest BCUT2D eigenvalue weighted by molar-refractivity contribution is 4.49. The molecule has 12 heavy (non-hydrogen) atoms. The van der Waals surface area contributed by atoms with E-state index < -0.39 is 0 Å². The summed E-state index contributed by atoms with van der Waals surface area (Å²) in [6, 6.07) is 0. The van der Waals surface area contributed by atoms with Crippen LogP contribution in [0.15, 0.2) is 0 Å². The lowest BCUT2D eigenvalue weighted by Gasteiger charge is -2.38. The second kappa shape index (κ2) is 4.24. The lowest BCUT2D eigenvalue weighted by Crippen LogP contribution is -2.52. The molecule has 2 nitrogen and oxygen atoms in total. The molecule has 0 spiro atoms. The van der Waals surface area contributed by atoms with Gasteiger partial charge < -0.3 is 9.22 Å². The largest absolute Gasteiger partial charge is 0.370 e. The third kappa shape index (κ3) is 3.11. The van der Waals surface area contributed by atoms with Gasteiger partial charge >= 0.3 is 0 Å². The van der Waals surface area contributed by atoms with Gasteiger partial charge in [0.25, 0.3) is 0 Å². The molecule has 72 valence electrons. The summed E-state index contributed by atoms with van der Waals surface area (Å²) in [5.74, 6) is 0.836. The van der Waals surface area contributed by atoms with Gasteiger partial charge in [-0.05, 0) is 12.3 Å². The second-order valence-electron chi connectivity index (χ2n) is 4.59. The number of ether oxygens (including phenoxy) is 1. The SMILES string of the molecule is CC(C)CC[N+]1(C)CCOCC1. The standard InChI is InChI=1S/C10H22NO/c1-10(2)4-5-11(3)6-8-12-9-7-11/h10H,4-9H2,1-3H3/q+1. The summed E-state index contributed by atoms with van der Waals surface area (Å²) < 4.78 is 6.58. The van der Waals surface area contributed by atoms with E-state index in [0.717, 1.165) is 19.1 Å². The Labute approximate surface area is 76.1 Å². The molecule has 0 aromatic heterocycles. The van der Waals surface area contributed by atoms with Gasteiger partial charge in [0.05, 0.1) is 26.8 Å². The fraction of sp³-hybridized carbons (Fsp3) is 1.00. The van der Waals surface area contributed by atoms with E-state index in [9.17, 15) is 0 Å². The fourth-order valence-electron chi connectivity index (χ4n) is 1.58. The van der Waals surface area contributed by atoms with E-state index in [1.165, 1.54) is 30.5 Å². The molecular weight excluding hydrogens is 150 g/mol. The van der Waals surface area contributed by atoms with Crippen LogP contribution in [-0.2, 0) is 4.74 Å². The summed E-state index contributed by atoms with van der Waals surface area (Å²) in [6.45, 7) is 10.2. The summed E-state index contributed by atoms with van der Waals surface area (Å²) in [6.07, 6.45) is 1.34. The van der Waals surface area contributed by atoms with E-state index in [1.54, 1.807) is 0 Å². The van der Waals surface area contributed by atoms with Gasteiger partial charge in [0, 0.05) is 0 Å². The van der Waals surface area contributed by atoms with Crippen molar-refractivity contribution >= 4 is 0 Å². The Hall–Kier alpha value is -0.0800. The van der Waals surface area contributed by atoms with Crippen LogP contribution in [-0.4, -0.2) is 44.4 Å². The highest BCUT2D eigenvalue weighted by Crippen LogP contribution is 2.11. The fourth-order valence-corrected chi connectivity index (χ4v) is 1.58. The molecule has 1 heterocycles. The zero-order chi connectivity index (χ0) is 9.03.